The summed E-state index contributed by atoms with van der Waals surface area (Å²) < 4.78 is 5.35. The van der Waals surface area contributed by atoms with Crippen molar-refractivity contribution in [1.82, 2.24) is 5.32 Å². The normalized spacial score (nSPS) is 24.4. The van der Waals surface area contributed by atoms with Crippen LogP contribution in [-0.2, 0) is 4.74 Å². The van der Waals surface area contributed by atoms with Crippen molar-refractivity contribution in [3.8, 4) is 12.3 Å². The van der Waals surface area contributed by atoms with Crippen LogP contribution >= 0.6 is 0 Å². The van der Waals surface area contributed by atoms with Crippen LogP contribution in [0.5, 0.6) is 0 Å². The van der Waals surface area contributed by atoms with E-state index in [1.807, 2.05) is 0 Å². The van der Waals surface area contributed by atoms with Crippen molar-refractivity contribution in [2.45, 2.75) is 31.7 Å². The average Bonchev–Trinajstić information content (AvgIpc) is 2.33. The molecule has 1 N–H and O–H groups in total. The molecule has 0 bridgehead atoms. The van der Waals surface area contributed by atoms with E-state index in [0.717, 1.165) is 32.6 Å². The molecule has 1 atom stereocenters. The van der Waals surface area contributed by atoms with Gasteiger partial charge in [0.05, 0.1) is 0 Å². The molecule has 0 aliphatic carbocycles. The molecule has 2 nitrogen and oxygen atoms in total. The second kappa shape index (κ2) is 6.05. The minimum absolute atomic E-state index is 0.626. The highest BCUT2D eigenvalue weighted by Crippen LogP contribution is 2.07. The van der Waals surface area contributed by atoms with Crippen LogP contribution in [0, 0.1) is 12.3 Å². The minimum atomic E-state index is 0.626. The number of nitrogens with one attached hydrogen (secondary N) is 1. The van der Waals surface area contributed by atoms with Crippen LogP contribution in [0.2, 0.25) is 0 Å². The van der Waals surface area contributed by atoms with Crippen molar-refractivity contribution in [1.29, 1.82) is 0 Å². The molecule has 1 saturated heterocycles. The Hall–Kier alpha value is -0.520. The summed E-state index contributed by atoms with van der Waals surface area (Å²) in [5.74, 6) is 2.63. The summed E-state index contributed by atoms with van der Waals surface area (Å²) in [6.07, 6.45) is 9.52. The number of terminal acetylenes is 1. The number of hydrogen-bond donors (Lipinski definition) is 1. The summed E-state index contributed by atoms with van der Waals surface area (Å²) in [5, 5.41) is 3.44. The van der Waals surface area contributed by atoms with Gasteiger partial charge in [-0.05, 0) is 19.3 Å². The molecule has 0 aromatic carbocycles. The van der Waals surface area contributed by atoms with Gasteiger partial charge in [-0.1, -0.05) is 0 Å². The molecule has 0 saturated carbocycles. The highest BCUT2D eigenvalue weighted by molar-refractivity contribution is 4.85. The Morgan fingerprint density at radius 3 is 3.17 bits per heavy atom. The van der Waals surface area contributed by atoms with Gasteiger partial charge in [0.15, 0.2) is 0 Å². The lowest BCUT2D eigenvalue weighted by molar-refractivity contribution is 0.142. The van der Waals surface area contributed by atoms with Gasteiger partial charge < -0.3 is 10.1 Å². The van der Waals surface area contributed by atoms with Crippen LogP contribution < -0.4 is 5.32 Å². The lowest BCUT2D eigenvalue weighted by atomic mass is 10.1. The topological polar surface area (TPSA) is 21.3 Å². The first kappa shape index (κ1) is 9.57. The van der Waals surface area contributed by atoms with Gasteiger partial charge in [0.25, 0.3) is 0 Å². The predicted octanol–water partition coefficient (Wildman–Crippen LogP) is 1.17. The second-order valence-electron chi connectivity index (χ2n) is 3.15. The van der Waals surface area contributed by atoms with Crippen molar-refractivity contribution in [2.75, 3.05) is 19.8 Å². The van der Waals surface area contributed by atoms with Gasteiger partial charge in [0.1, 0.15) is 0 Å². The molecule has 1 rings (SSSR count). The average molecular weight is 167 g/mol. The molecular formula is C10H17NO. The van der Waals surface area contributed by atoms with Gasteiger partial charge in [-0.25, -0.2) is 0 Å². The lowest BCUT2D eigenvalue weighted by Gasteiger charge is -2.13. The first-order chi connectivity index (χ1) is 5.93. The maximum Gasteiger partial charge on any atom is 0.0480 e. The van der Waals surface area contributed by atoms with E-state index < -0.39 is 0 Å². The summed E-state index contributed by atoms with van der Waals surface area (Å²) in [7, 11) is 0. The first-order valence-electron chi connectivity index (χ1n) is 4.68. The van der Waals surface area contributed by atoms with Crippen molar-refractivity contribution in [3.05, 3.63) is 0 Å². The van der Waals surface area contributed by atoms with E-state index in [2.05, 4.69) is 11.2 Å². The molecule has 1 fully saturated rings. The number of ether oxygens (including phenoxy) is 1. The maximum atomic E-state index is 5.35. The Morgan fingerprint density at radius 1 is 1.42 bits per heavy atom. The van der Waals surface area contributed by atoms with E-state index in [0.29, 0.717) is 6.04 Å². The molecule has 0 aromatic rings. The fourth-order valence-corrected chi connectivity index (χ4v) is 1.46. The Morgan fingerprint density at radius 2 is 2.33 bits per heavy atom. The van der Waals surface area contributed by atoms with E-state index >= 15 is 0 Å². The predicted molar refractivity (Wildman–Crippen MR) is 49.9 cm³/mol. The molecule has 0 amide bonds. The summed E-state index contributed by atoms with van der Waals surface area (Å²) in [6, 6.07) is 0.626. The third kappa shape index (κ3) is 3.75. The lowest BCUT2D eigenvalue weighted by Crippen LogP contribution is -2.29. The fourth-order valence-electron chi connectivity index (χ4n) is 1.46. The second-order valence-corrected chi connectivity index (χ2v) is 3.15. The Balaban J connectivity index is 2.08. The summed E-state index contributed by atoms with van der Waals surface area (Å²) in [5.41, 5.74) is 0. The molecule has 1 heterocycles. The van der Waals surface area contributed by atoms with E-state index in [4.69, 9.17) is 11.2 Å². The van der Waals surface area contributed by atoms with E-state index in [1.54, 1.807) is 0 Å². The summed E-state index contributed by atoms with van der Waals surface area (Å²) in [4.78, 5) is 0. The van der Waals surface area contributed by atoms with E-state index in [9.17, 15) is 0 Å². The summed E-state index contributed by atoms with van der Waals surface area (Å²) in [6.45, 7) is 2.77. The van der Waals surface area contributed by atoms with Crippen LogP contribution in [0.1, 0.15) is 25.7 Å². The van der Waals surface area contributed by atoms with Crippen molar-refractivity contribution in [3.63, 3.8) is 0 Å². The molecule has 0 radical (unpaired) electrons. The quantitative estimate of drug-likeness (QED) is 0.503. The smallest absolute Gasteiger partial charge is 0.0480 e. The maximum absolute atomic E-state index is 5.35. The van der Waals surface area contributed by atoms with E-state index in [-0.39, 0.29) is 0 Å². The third-order valence-electron chi connectivity index (χ3n) is 2.15. The zero-order valence-corrected chi connectivity index (χ0v) is 7.51. The monoisotopic (exact) mass is 167 g/mol. The molecule has 68 valence electrons. The SMILES string of the molecule is C#CCCNC1CCCOCC1. The fraction of sp³-hybridized carbons (Fsp3) is 0.800. The molecular weight excluding hydrogens is 150 g/mol. The summed E-state index contributed by atoms with van der Waals surface area (Å²) >= 11 is 0. The van der Waals surface area contributed by atoms with Crippen LogP contribution in [0.25, 0.3) is 0 Å². The van der Waals surface area contributed by atoms with Crippen LogP contribution in [0.4, 0.5) is 0 Å². The van der Waals surface area contributed by atoms with Crippen molar-refractivity contribution < 1.29 is 4.74 Å². The zero-order chi connectivity index (χ0) is 8.65. The largest absolute Gasteiger partial charge is 0.381 e. The minimum Gasteiger partial charge on any atom is -0.381 e. The van der Waals surface area contributed by atoms with Crippen molar-refractivity contribution in [2.24, 2.45) is 0 Å². The Labute approximate surface area is 74.7 Å². The number of rotatable bonds is 3. The zero-order valence-electron chi connectivity index (χ0n) is 7.51. The standard InChI is InChI=1S/C10H17NO/c1-2-3-7-11-10-5-4-8-12-9-6-10/h1,10-11H,3-9H2. The van der Waals surface area contributed by atoms with Gasteiger partial charge in [-0.3, -0.25) is 0 Å². The molecule has 0 spiro atoms. The highest BCUT2D eigenvalue weighted by Gasteiger charge is 2.10. The Bertz CT molecular complexity index is 142. The van der Waals surface area contributed by atoms with Crippen LogP contribution in [-0.4, -0.2) is 25.8 Å². The third-order valence-corrected chi connectivity index (χ3v) is 2.15. The Kier molecular flexibility index (Phi) is 4.82. The van der Waals surface area contributed by atoms with Gasteiger partial charge in [0, 0.05) is 32.2 Å². The van der Waals surface area contributed by atoms with Crippen LogP contribution in [0.3, 0.4) is 0 Å². The first-order valence-corrected chi connectivity index (χ1v) is 4.68. The molecule has 2 heteroatoms. The molecule has 1 aliphatic rings. The van der Waals surface area contributed by atoms with Crippen LogP contribution in [0.15, 0.2) is 0 Å². The van der Waals surface area contributed by atoms with Crippen molar-refractivity contribution >= 4 is 0 Å². The molecule has 0 aromatic heterocycles. The molecule has 1 aliphatic heterocycles. The van der Waals surface area contributed by atoms with E-state index in [1.165, 1.54) is 12.8 Å². The highest BCUT2D eigenvalue weighted by atomic mass is 16.5. The molecule has 1 unspecified atom stereocenters. The molecule has 12 heavy (non-hydrogen) atoms. The van der Waals surface area contributed by atoms with Gasteiger partial charge in [-0.2, -0.15) is 0 Å². The van der Waals surface area contributed by atoms with Gasteiger partial charge >= 0.3 is 0 Å². The van der Waals surface area contributed by atoms with Gasteiger partial charge in [0.2, 0.25) is 0 Å². The van der Waals surface area contributed by atoms with Gasteiger partial charge in [-0.15, -0.1) is 12.3 Å². The number of hydrogen-bond acceptors (Lipinski definition) is 2.